The molecule has 0 aromatic heterocycles. The molecule has 5 heteroatoms. The van der Waals surface area contributed by atoms with Crippen LogP contribution in [0, 0.1) is 18.6 Å². The summed E-state index contributed by atoms with van der Waals surface area (Å²) in [5.74, 6) is -1.94. The highest BCUT2D eigenvalue weighted by Crippen LogP contribution is 2.21. The average molecular weight is 332 g/mol. The highest BCUT2D eigenvalue weighted by molar-refractivity contribution is 5.93. The maximum absolute atomic E-state index is 13.3. The summed E-state index contributed by atoms with van der Waals surface area (Å²) in [6.45, 7) is 5.86. The summed E-state index contributed by atoms with van der Waals surface area (Å²) in [6, 6.07) is 9.36. The second-order valence-corrected chi connectivity index (χ2v) is 5.79. The van der Waals surface area contributed by atoms with Crippen LogP contribution in [0.2, 0.25) is 0 Å². The van der Waals surface area contributed by atoms with E-state index in [0.717, 1.165) is 35.4 Å². The monoisotopic (exact) mass is 332 g/mol. The van der Waals surface area contributed by atoms with Crippen molar-refractivity contribution in [2.24, 2.45) is 0 Å². The van der Waals surface area contributed by atoms with Gasteiger partial charge in [0.1, 0.15) is 0 Å². The highest BCUT2D eigenvalue weighted by atomic mass is 19.2. The van der Waals surface area contributed by atoms with Gasteiger partial charge in [-0.05, 0) is 49.1 Å². The summed E-state index contributed by atoms with van der Waals surface area (Å²) in [4.78, 5) is 12.2. The van der Waals surface area contributed by atoms with E-state index in [1.54, 1.807) is 6.92 Å². The lowest BCUT2D eigenvalue weighted by Crippen LogP contribution is -2.30. The molecule has 0 saturated heterocycles. The number of carbonyl (C=O) groups is 1. The molecule has 0 unspecified atom stereocenters. The van der Waals surface area contributed by atoms with Gasteiger partial charge in [0.15, 0.2) is 11.6 Å². The number of benzene rings is 2. The fraction of sp³-hybridized carbons (Fsp3) is 0.316. The highest BCUT2D eigenvalue weighted by Gasteiger charge is 2.12. The summed E-state index contributed by atoms with van der Waals surface area (Å²) < 4.78 is 26.2. The molecule has 0 radical (unpaired) electrons. The Hall–Kier alpha value is -2.27. The summed E-state index contributed by atoms with van der Waals surface area (Å²) in [5, 5.41) is 5.94. The summed E-state index contributed by atoms with van der Waals surface area (Å²) in [7, 11) is 0. The number of anilines is 1. The van der Waals surface area contributed by atoms with Crippen molar-refractivity contribution in [2.75, 3.05) is 11.9 Å². The second-order valence-electron chi connectivity index (χ2n) is 5.79. The van der Waals surface area contributed by atoms with E-state index in [1.165, 1.54) is 6.07 Å². The lowest BCUT2D eigenvalue weighted by atomic mass is 10.1. The van der Waals surface area contributed by atoms with Crippen LogP contribution < -0.4 is 10.6 Å². The third-order valence-electron chi connectivity index (χ3n) is 4.02. The van der Waals surface area contributed by atoms with Crippen molar-refractivity contribution in [1.29, 1.82) is 0 Å². The van der Waals surface area contributed by atoms with Crippen molar-refractivity contribution in [1.82, 2.24) is 5.32 Å². The van der Waals surface area contributed by atoms with E-state index >= 15 is 0 Å². The summed E-state index contributed by atoms with van der Waals surface area (Å²) in [6.07, 6.45) is 0.829. The summed E-state index contributed by atoms with van der Waals surface area (Å²) in [5.41, 5.74) is 3.52. The molecule has 24 heavy (non-hydrogen) atoms. The molecule has 2 N–H and O–H groups in total. The van der Waals surface area contributed by atoms with Gasteiger partial charge in [0, 0.05) is 11.7 Å². The van der Waals surface area contributed by atoms with Gasteiger partial charge in [-0.2, -0.15) is 0 Å². The van der Waals surface area contributed by atoms with Gasteiger partial charge < -0.3 is 10.6 Å². The molecule has 2 aromatic carbocycles. The number of rotatable bonds is 6. The minimum Gasteiger partial charge on any atom is -0.324 e. The minimum atomic E-state index is -0.891. The van der Waals surface area contributed by atoms with Crippen LogP contribution in [-0.4, -0.2) is 12.5 Å². The van der Waals surface area contributed by atoms with E-state index in [2.05, 4.69) is 10.6 Å². The predicted octanol–water partition coefficient (Wildman–Crippen LogP) is 4.12. The van der Waals surface area contributed by atoms with Crippen LogP contribution in [0.1, 0.15) is 36.6 Å². The van der Waals surface area contributed by atoms with Gasteiger partial charge >= 0.3 is 0 Å². The fourth-order valence-electron chi connectivity index (χ4n) is 2.53. The van der Waals surface area contributed by atoms with Crippen molar-refractivity contribution in [3.8, 4) is 0 Å². The topological polar surface area (TPSA) is 41.1 Å². The molecule has 128 valence electrons. The quantitative estimate of drug-likeness (QED) is 0.835. The van der Waals surface area contributed by atoms with Crippen molar-refractivity contribution >= 4 is 11.6 Å². The molecule has 0 spiro atoms. The second kappa shape index (κ2) is 8.02. The Bertz CT molecular complexity index is 731. The van der Waals surface area contributed by atoms with Gasteiger partial charge in [-0.25, -0.2) is 8.78 Å². The van der Waals surface area contributed by atoms with Crippen LogP contribution in [0.15, 0.2) is 36.4 Å². The molecule has 2 rings (SSSR count). The lowest BCUT2D eigenvalue weighted by Gasteiger charge is -2.16. The number of carbonyl (C=O) groups excluding carboxylic acids is 1. The third kappa shape index (κ3) is 4.38. The number of para-hydroxylation sites is 1. The number of halogens is 2. The molecule has 0 aliphatic carbocycles. The molecule has 1 amide bonds. The van der Waals surface area contributed by atoms with Crippen LogP contribution in [-0.2, 0) is 11.2 Å². The first-order chi connectivity index (χ1) is 11.4. The number of nitrogens with one attached hydrogen (secondary N) is 2. The zero-order valence-electron chi connectivity index (χ0n) is 14.1. The molecule has 0 aliphatic heterocycles. The summed E-state index contributed by atoms with van der Waals surface area (Å²) >= 11 is 0. The molecular weight excluding hydrogens is 310 g/mol. The van der Waals surface area contributed by atoms with Gasteiger partial charge in [-0.15, -0.1) is 0 Å². The first kappa shape index (κ1) is 18.1. The third-order valence-corrected chi connectivity index (χ3v) is 4.02. The SMILES string of the molecule is CCc1cccc(C)c1NC(=O)CN[C@H](C)c1ccc(F)c(F)c1. The zero-order valence-corrected chi connectivity index (χ0v) is 14.1. The Morgan fingerprint density at radius 2 is 1.92 bits per heavy atom. The number of hydrogen-bond donors (Lipinski definition) is 2. The van der Waals surface area contributed by atoms with E-state index in [9.17, 15) is 13.6 Å². The molecule has 0 bridgehead atoms. The fourth-order valence-corrected chi connectivity index (χ4v) is 2.53. The standard InChI is InChI=1S/C19H22F2N2O/c1-4-14-7-5-6-12(2)19(14)23-18(24)11-22-13(3)15-8-9-16(20)17(21)10-15/h5-10,13,22H,4,11H2,1-3H3,(H,23,24)/t13-/m1/s1. The maximum Gasteiger partial charge on any atom is 0.238 e. The normalized spacial score (nSPS) is 12.0. The average Bonchev–Trinajstić information content (AvgIpc) is 2.57. The van der Waals surface area contributed by atoms with Crippen LogP contribution in [0.5, 0.6) is 0 Å². The number of aryl methyl sites for hydroxylation is 2. The van der Waals surface area contributed by atoms with Crippen molar-refractivity contribution in [3.63, 3.8) is 0 Å². The van der Waals surface area contributed by atoms with Crippen LogP contribution in [0.4, 0.5) is 14.5 Å². The molecule has 2 aromatic rings. The molecule has 3 nitrogen and oxygen atoms in total. The molecule has 0 aliphatic rings. The van der Waals surface area contributed by atoms with E-state index in [1.807, 2.05) is 32.0 Å². The minimum absolute atomic E-state index is 0.0810. The Morgan fingerprint density at radius 1 is 1.17 bits per heavy atom. The van der Waals surface area contributed by atoms with E-state index in [4.69, 9.17) is 0 Å². The Labute approximate surface area is 141 Å². The predicted molar refractivity (Wildman–Crippen MR) is 92.0 cm³/mol. The van der Waals surface area contributed by atoms with Gasteiger partial charge in [0.05, 0.1) is 6.54 Å². The van der Waals surface area contributed by atoms with Crippen molar-refractivity contribution in [2.45, 2.75) is 33.2 Å². The van der Waals surface area contributed by atoms with Gasteiger partial charge in [-0.3, -0.25) is 4.79 Å². The first-order valence-electron chi connectivity index (χ1n) is 7.99. The molecule has 0 fully saturated rings. The number of amides is 1. The van der Waals surface area contributed by atoms with Crippen LogP contribution >= 0.6 is 0 Å². The number of hydrogen-bond acceptors (Lipinski definition) is 2. The molecule has 0 saturated carbocycles. The van der Waals surface area contributed by atoms with E-state index in [-0.39, 0.29) is 18.5 Å². The van der Waals surface area contributed by atoms with E-state index < -0.39 is 11.6 Å². The Balaban J connectivity index is 1.97. The Morgan fingerprint density at radius 3 is 2.58 bits per heavy atom. The molecule has 0 heterocycles. The first-order valence-corrected chi connectivity index (χ1v) is 7.99. The van der Waals surface area contributed by atoms with Gasteiger partial charge in [0.2, 0.25) is 5.91 Å². The van der Waals surface area contributed by atoms with E-state index in [0.29, 0.717) is 5.56 Å². The van der Waals surface area contributed by atoms with Gasteiger partial charge in [0.25, 0.3) is 0 Å². The smallest absolute Gasteiger partial charge is 0.238 e. The molecule has 1 atom stereocenters. The van der Waals surface area contributed by atoms with Crippen LogP contribution in [0.3, 0.4) is 0 Å². The van der Waals surface area contributed by atoms with Crippen molar-refractivity contribution < 1.29 is 13.6 Å². The van der Waals surface area contributed by atoms with Crippen LogP contribution in [0.25, 0.3) is 0 Å². The largest absolute Gasteiger partial charge is 0.324 e. The molecular formula is C19H22F2N2O. The Kier molecular flexibility index (Phi) is 6.04. The zero-order chi connectivity index (χ0) is 17.7. The van der Waals surface area contributed by atoms with Gasteiger partial charge in [-0.1, -0.05) is 31.2 Å². The van der Waals surface area contributed by atoms with Crippen molar-refractivity contribution in [3.05, 3.63) is 64.7 Å². The maximum atomic E-state index is 13.3. The lowest BCUT2D eigenvalue weighted by molar-refractivity contribution is -0.115.